The van der Waals surface area contributed by atoms with Crippen LogP contribution in [-0.4, -0.2) is 54.1 Å². The van der Waals surface area contributed by atoms with Gasteiger partial charge in [-0.15, -0.1) is 0 Å². The van der Waals surface area contributed by atoms with Gasteiger partial charge in [-0.25, -0.2) is 0 Å². The van der Waals surface area contributed by atoms with E-state index in [1.807, 2.05) is 23.1 Å². The van der Waals surface area contributed by atoms with Gasteiger partial charge in [-0.05, 0) is 49.8 Å². The van der Waals surface area contributed by atoms with Crippen molar-refractivity contribution in [1.29, 1.82) is 0 Å². The van der Waals surface area contributed by atoms with Crippen LogP contribution in [0.15, 0.2) is 18.2 Å². The van der Waals surface area contributed by atoms with Gasteiger partial charge < -0.3 is 24.2 Å². The third kappa shape index (κ3) is 2.98. The number of hydrogen-bond donors (Lipinski definition) is 1. The topological polar surface area (TPSA) is 68.2 Å². The lowest BCUT2D eigenvalue weighted by molar-refractivity contribution is -0.139. The van der Waals surface area contributed by atoms with Crippen LogP contribution in [0.4, 0.5) is 0 Å². The zero-order chi connectivity index (χ0) is 17.4. The van der Waals surface area contributed by atoms with Crippen molar-refractivity contribution in [2.45, 2.75) is 56.3 Å². The van der Waals surface area contributed by atoms with E-state index in [1.165, 1.54) is 0 Å². The second kappa shape index (κ2) is 6.50. The fourth-order valence-corrected chi connectivity index (χ4v) is 4.47. The summed E-state index contributed by atoms with van der Waals surface area (Å²) in [5.74, 6) is 1.64. The molecule has 1 saturated heterocycles. The largest absolute Gasteiger partial charge is 0.454 e. The SMILES string of the molecule is CO[C@@]12CC[C@@H](O)C[C@@H]1N(C(=O)CCc1ccc3c(c1)OCO3)CC2. The van der Waals surface area contributed by atoms with Crippen molar-refractivity contribution >= 4 is 5.91 Å². The van der Waals surface area contributed by atoms with Crippen molar-refractivity contribution in [1.82, 2.24) is 4.90 Å². The maximum Gasteiger partial charge on any atom is 0.231 e. The van der Waals surface area contributed by atoms with Crippen LogP contribution in [0, 0.1) is 0 Å². The third-order valence-electron chi connectivity index (χ3n) is 5.95. The van der Waals surface area contributed by atoms with E-state index in [1.54, 1.807) is 7.11 Å². The zero-order valence-corrected chi connectivity index (χ0v) is 14.6. The van der Waals surface area contributed by atoms with Gasteiger partial charge in [0.15, 0.2) is 11.5 Å². The van der Waals surface area contributed by atoms with E-state index < -0.39 is 0 Å². The normalized spacial score (nSPS) is 30.4. The molecule has 2 aliphatic heterocycles. The lowest BCUT2D eigenvalue weighted by Crippen LogP contribution is -2.52. The fourth-order valence-electron chi connectivity index (χ4n) is 4.47. The molecule has 4 rings (SSSR count). The molecular weight excluding hydrogens is 322 g/mol. The van der Waals surface area contributed by atoms with Crippen molar-refractivity contribution in [2.75, 3.05) is 20.4 Å². The summed E-state index contributed by atoms with van der Waals surface area (Å²) in [6, 6.07) is 5.81. The first-order valence-corrected chi connectivity index (χ1v) is 9.02. The second-order valence-electron chi connectivity index (χ2n) is 7.24. The Labute approximate surface area is 147 Å². The first-order chi connectivity index (χ1) is 12.1. The van der Waals surface area contributed by atoms with Crippen molar-refractivity contribution in [3.63, 3.8) is 0 Å². The van der Waals surface area contributed by atoms with Gasteiger partial charge in [-0.2, -0.15) is 0 Å². The zero-order valence-electron chi connectivity index (χ0n) is 14.6. The van der Waals surface area contributed by atoms with Gasteiger partial charge in [-0.3, -0.25) is 4.79 Å². The van der Waals surface area contributed by atoms with Crippen LogP contribution < -0.4 is 9.47 Å². The number of hydrogen-bond acceptors (Lipinski definition) is 5. The molecule has 0 bridgehead atoms. The Morgan fingerprint density at radius 2 is 2.20 bits per heavy atom. The molecule has 0 aromatic heterocycles. The number of aryl methyl sites for hydroxylation is 1. The van der Waals surface area contributed by atoms with Crippen LogP contribution >= 0.6 is 0 Å². The van der Waals surface area contributed by atoms with Crippen LogP contribution in [0.2, 0.25) is 0 Å². The molecule has 0 spiro atoms. The van der Waals surface area contributed by atoms with E-state index in [0.717, 1.165) is 36.3 Å². The van der Waals surface area contributed by atoms with E-state index in [2.05, 4.69) is 0 Å². The predicted molar refractivity (Wildman–Crippen MR) is 90.6 cm³/mol. The summed E-state index contributed by atoms with van der Waals surface area (Å²) < 4.78 is 16.5. The van der Waals surface area contributed by atoms with Gasteiger partial charge in [0.05, 0.1) is 17.7 Å². The highest BCUT2D eigenvalue weighted by Crippen LogP contribution is 2.42. The van der Waals surface area contributed by atoms with Crippen LogP contribution in [0.3, 0.4) is 0 Å². The Morgan fingerprint density at radius 1 is 1.36 bits per heavy atom. The fraction of sp³-hybridized carbons (Fsp3) is 0.632. The van der Waals surface area contributed by atoms with Gasteiger partial charge in [-0.1, -0.05) is 6.07 Å². The summed E-state index contributed by atoms with van der Waals surface area (Å²) >= 11 is 0. The van der Waals surface area contributed by atoms with E-state index in [-0.39, 0.29) is 30.4 Å². The molecule has 0 unspecified atom stereocenters. The van der Waals surface area contributed by atoms with E-state index in [4.69, 9.17) is 14.2 Å². The number of benzene rings is 1. The molecule has 2 heterocycles. The van der Waals surface area contributed by atoms with Gasteiger partial charge in [0.2, 0.25) is 12.7 Å². The smallest absolute Gasteiger partial charge is 0.231 e. The minimum Gasteiger partial charge on any atom is -0.454 e. The number of methoxy groups -OCH3 is 1. The molecule has 6 nitrogen and oxygen atoms in total. The lowest BCUT2D eigenvalue weighted by atomic mass is 9.79. The number of aliphatic hydroxyl groups excluding tert-OH is 1. The van der Waals surface area contributed by atoms with Gasteiger partial charge in [0.25, 0.3) is 0 Å². The molecule has 2 fully saturated rings. The average molecular weight is 347 g/mol. The molecule has 0 radical (unpaired) electrons. The summed E-state index contributed by atoms with van der Waals surface area (Å²) in [5, 5.41) is 10.0. The number of aliphatic hydroxyl groups is 1. The number of ether oxygens (including phenoxy) is 3. The number of nitrogens with zero attached hydrogens (tertiary/aromatic N) is 1. The minimum absolute atomic E-state index is 0.00879. The highest BCUT2D eigenvalue weighted by molar-refractivity contribution is 5.77. The lowest BCUT2D eigenvalue weighted by Gasteiger charge is -2.42. The standard InChI is InChI=1S/C19H25NO5/c1-23-19-7-6-14(21)11-17(19)20(9-8-19)18(22)5-3-13-2-4-15-16(10-13)25-12-24-15/h2,4,10,14,17,21H,3,5-9,11-12H2,1H3/t14-,17+,19-/m1/s1. The Bertz CT molecular complexity index is 663. The summed E-state index contributed by atoms with van der Waals surface area (Å²) in [7, 11) is 1.73. The quantitative estimate of drug-likeness (QED) is 0.901. The second-order valence-corrected chi connectivity index (χ2v) is 7.24. The molecule has 1 aromatic rings. The van der Waals surface area contributed by atoms with Gasteiger partial charge in [0, 0.05) is 20.1 Å². The van der Waals surface area contributed by atoms with E-state index in [0.29, 0.717) is 25.8 Å². The molecule has 25 heavy (non-hydrogen) atoms. The maximum atomic E-state index is 12.8. The summed E-state index contributed by atoms with van der Waals surface area (Å²) in [4.78, 5) is 14.7. The Morgan fingerprint density at radius 3 is 3.04 bits per heavy atom. The summed E-state index contributed by atoms with van der Waals surface area (Å²) in [6.07, 6.45) is 3.83. The van der Waals surface area contributed by atoms with E-state index in [9.17, 15) is 9.90 Å². The number of fused-ring (bicyclic) bond motifs is 2. The number of rotatable bonds is 4. The molecule has 1 aromatic carbocycles. The molecule has 3 atom stereocenters. The average Bonchev–Trinajstić information content (AvgIpc) is 3.23. The molecular formula is C19H25NO5. The Hall–Kier alpha value is -1.79. The van der Waals surface area contributed by atoms with Crippen LogP contribution in [0.1, 0.15) is 37.7 Å². The van der Waals surface area contributed by atoms with Crippen LogP contribution in [0.5, 0.6) is 11.5 Å². The molecule has 1 amide bonds. The molecule has 6 heteroatoms. The highest BCUT2D eigenvalue weighted by atomic mass is 16.7. The van der Waals surface area contributed by atoms with Crippen LogP contribution in [0.25, 0.3) is 0 Å². The monoisotopic (exact) mass is 347 g/mol. The summed E-state index contributed by atoms with van der Waals surface area (Å²) in [6.45, 7) is 0.972. The molecule has 1 saturated carbocycles. The number of carbonyl (C=O) groups is 1. The predicted octanol–water partition coefficient (Wildman–Crippen LogP) is 1.88. The van der Waals surface area contributed by atoms with Crippen molar-refractivity contribution in [2.24, 2.45) is 0 Å². The maximum absolute atomic E-state index is 12.8. The highest BCUT2D eigenvalue weighted by Gasteiger charge is 2.52. The Balaban J connectivity index is 1.41. The summed E-state index contributed by atoms with van der Waals surface area (Å²) in [5.41, 5.74) is 0.798. The first-order valence-electron chi connectivity index (χ1n) is 9.02. The third-order valence-corrected chi connectivity index (χ3v) is 5.95. The van der Waals surface area contributed by atoms with Crippen LogP contribution in [-0.2, 0) is 16.0 Å². The van der Waals surface area contributed by atoms with Gasteiger partial charge >= 0.3 is 0 Å². The molecule has 3 aliphatic rings. The molecule has 1 aliphatic carbocycles. The van der Waals surface area contributed by atoms with E-state index >= 15 is 0 Å². The number of likely N-dealkylation sites (tertiary alicyclic amines) is 1. The number of carbonyl (C=O) groups excluding carboxylic acids is 1. The minimum atomic E-state index is -0.337. The molecule has 136 valence electrons. The van der Waals surface area contributed by atoms with Crippen molar-refractivity contribution in [3.05, 3.63) is 23.8 Å². The first kappa shape index (κ1) is 16.7. The number of amides is 1. The van der Waals surface area contributed by atoms with Gasteiger partial charge in [0.1, 0.15) is 0 Å². The Kier molecular flexibility index (Phi) is 4.33. The van der Waals surface area contributed by atoms with Crippen molar-refractivity contribution < 1.29 is 24.1 Å². The molecule has 1 N–H and O–H groups in total. The van der Waals surface area contributed by atoms with Crippen molar-refractivity contribution in [3.8, 4) is 11.5 Å².